The maximum Gasteiger partial charge on any atom is 0.257 e. The minimum Gasteiger partial charge on any atom is -0.315 e. The smallest absolute Gasteiger partial charge is 0.257 e. The van der Waals surface area contributed by atoms with E-state index in [2.05, 4.69) is 0 Å². The molecule has 0 spiro atoms. The number of hydrogen-bond acceptors (Lipinski definition) is 3. The fourth-order valence-electron chi connectivity index (χ4n) is 4.88. The van der Waals surface area contributed by atoms with Crippen molar-refractivity contribution in [3.8, 4) is 0 Å². The van der Waals surface area contributed by atoms with Crippen molar-refractivity contribution in [1.82, 2.24) is 4.90 Å². The summed E-state index contributed by atoms with van der Waals surface area (Å²) >= 11 is 0. The van der Waals surface area contributed by atoms with E-state index in [4.69, 9.17) is 0 Å². The molecular formula is C25H29N3O3. The summed E-state index contributed by atoms with van der Waals surface area (Å²) in [5.74, 6) is -0.127. The van der Waals surface area contributed by atoms with E-state index in [1.54, 1.807) is 20.8 Å². The van der Waals surface area contributed by atoms with E-state index in [9.17, 15) is 14.4 Å². The van der Waals surface area contributed by atoms with E-state index >= 15 is 0 Å². The lowest BCUT2D eigenvalue weighted by molar-refractivity contribution is -0.119. The van der Waals surface area contributed by atoms with Crippen LogP contribution in [0.1, 0.15) is 54.6 Å². The third-order valence-electron chi connectivity index (χ3n) is 6.57. The Morgan fingerprint density at radius 3 is 2.61 bits per heavy atom. The van der Waals surface area contributed by atoms with Gasteiger partial charge in [0.05, 0.1) is 11.3 Å². The molecule has 6 heteroatoms. The predicted octanol–water partition coefficient (Wildman–Crippen LogP) is 4.05. The van der Waals surface area contributed by atoms with Crippen LogP contribution in [0.3, 0.4) is 0 Å². The van der Waals surface area contributed by atoms with Crippen LogP contribution in [0, 0.1) is 13.8 Å². The molecule has 0 bridgehead atoms. The first-order chi connectivity index (χ1) is 14.8. The molecule has 1 atom stereocenters. The number of hydrogen-bond donors (Lipinski definition) is 0. The number of carbonyl (C=O) groups is 3. The van der Waals surface area contributed by atoms with Crippen molar-refractivity contribution in [2.75, 3.05) is 22.9 Å². The normalized spacial score (nSPS) is 20.0. The van der Waals surface area contributed by atoms with Crippen molar-refractivity contribution in [2.45, 2.75) is 52.6 Å². The molecule has 162 valence electrons. The molecule has 31 heavy (non-hydrogen) atoms. The number of carbonyl (C=O) groups excluding carboxylic acids is 3. The number of rotatable bonds is 5. The minimum absolute atomic E-state index is 0.0179. The highest BCUT2D eigenvalue weighted by atomic mass is 16.2. The number of nitrogens with zero attached hydrogens (tertiary/aromatic N) is 3. The van der Waals surface area contributed by atoms with Crippen LogP contribution in [-0.4, -0.2) is 41.4 Å². The van der Waals surface area contributed by atoms with Crippen LogP contribution in [0.15, 0.2) is 42.5 Å². The summed E-state index contributed by atoms with van der Waals surface area (Å²) in [5.41, 5.74) is 3.51. The molecule has 2 aromatic rings. The number of para-hydroxylation sites is 1. The van der Waals surface area contributed by atoms with Gasteiger partial charge in [0.1, 0.15) is 5.66 Å². The summed E-state index contributed by atoms with van der Waals surface area (Å²) in [6.45, 7) is 8.73. The molecule has 1 saturated heterocycles. The molecular weight excluding hydrogens is 390 g/mol. The molecule has 0 aliphatic carbocycles. The summed E-state index contributed by atoms with van der Waals surface area (Å²) in [4.78, 5) is 44.5. The molecule has 2 aromatic carbocycles. The molecule has 0 saturated carbocycles. The van der Waals surface area contributed by atoms with E-state index in [0.29, 0.717) is 30.6 Å². The largest absolute Gasteiger partial charge is 0.315 e. The monoisotopic (exact) mass is 419 g/mol. The summed E-state index contributed by atoms with van der Waals surface area (Å²) < 4.78 is 0. The molecule has 0 aromatic heterocycles. The van der Waals surface area contributed by atoms with E-state index in [0.717, 1.165) is 16.8 Å². The first kappa shape index (κ1) is 21.1. The van der Waals surface area contributed by atoms with E-state index in [1.165, 1.54) is 0 Å². The van der Waals surface area contributed by atoms with Gasteiger partial charge in [0.2, 0.25) is 11.8 Å². The first-order valence-corrected chi connectivity index (χ1v) is 10.9. The van der Waals surface area contributed by atoms with Gasteiger partial charge >= 0.3 is 0 Å². The van der Waals surface area contributed by atoms with Gasteiger partial charge in [0, 0.05) is 31.6 Å². The van der Waals surface area contributed by atoms with Gasteiger partial charge in [0.25, 0.3) is 5.91 Å². The van der Waals surface area contributed by atoms with Crippen LogP contribution in [0.5, 0.6) is 0 Å². The number of anilines is 2. The van der Waals surface area contributed by atoms with Crippen LogP contribution in [0.25, 0.3) is 0 Å². The summed E-state index contributed by atoms with van der Waals surface area (Å²) in [7, 11) is 0. The van der Waals surface area contributed by atoms with Crippen LogP contribution in [0.4, 0.5) is 11.4 Å². The van der Waals surface area contributed by atoms with Crippen LogP contribution < -0.4 is 9.80 Å². The Bertz CT molecular complexity index is 1060. The predicted molar refractivity (Wildman–Crippen MR) is 121 cm³/mol. The van der Waals surface area contributed by atoms with Gasteiger partial charge < -0.3 is 9.80 Å². The van der Waals surface area contributed by atoms with Gasteiger partial charge in [-0.05, 0) is 63.4 Å². The second-order valence-electron chi connectivity index (χ2n) is 8.60. The van der Waals surface area contributed by atoms with E-state index < -0.39 is 5.66 Å². The number of amides is 3. The van der Waals surface area contributed by atoms with Crippen molar-refractivity contribution in [3.63, 3.8) is 0 Å². The van der Waals surface area contributed by atoms with Crippen LogP contribution in [0.2, 0.25) is 0 Å². The standard InChI is InChI=1S/C25H29N3O3/c1-5-26(21-16-17(2)10-11-18(21)3)22(29)13-15-27-24(31)19-8-6-7-9-20(19)28-23(30)12-14-25(27,28)4/h6-11,16H,5,12-15H2,1-4H3. The molecule has 1 unspecified atom stereocenters. The average Bonchev–Trinajstić information content (AvgIpc) is 3.06. The van der Waals surface area contributed by atoms with Crippen molar-refractivity contribution in [3.05, 3.63) is 59.2 Å². The highest BCUT2D eigenvalue weighted by molar-refractivity contribution is 6.10. The van der Waals surface area contributed by atoms with Gasteiger partial charge in [-0.3, -0.25) is 19.3 Å². The SMILES string of the molecule is CCN(C(=O)CCN1C(=O)c2ccccc2N2C(=O)CCC12C)c1cc(C)ccc1C. The number of fused-ring (bicyclic) bond motifs is 3. The molecule has 1 fully saturated rings. The van der Waals surface area contributed by atoms with E-state index in [1.807, 2.05) is 64.1 Å². The number of benzene rings is 2. The third-order valence-corrected chi connectivity index (χ3v) is 6.57. The molecule has 6 nitrogen and oxygen atoms in total. The second-order valence-corrected chi connectivity index (χ2v) is 8.60. The summed E-state index contributed by atoms with van der Waals surface area (Å²) in [6, 6.07) is 13.3. The zero-order chi connectivity index (χ0) is 22.3. The maximum atomic E-state index is 13.4. The lowest BCUT2D eigenvalue weighted by atomic mass is 9.98. The van der Waals surface area contributed by atoms with Gasteiger partial charge in [-0.2, -0.15) is 0 Å². The second kappa shape index (κ2) is 7.84. The van der Waals surface area contributed by atoms with Crippen LogP contribution in [-0.2, 0) is 9.59 Å². The third kappa shape index (κ3) is 3.40. The fraction of sp³-hybridized carbons (Fsp3) is 0.400. The molecule has 0 radical (unpaired) electrons. The molecule has 4 rings (SSSR count). The molecule has 2 aliphatic rings. The van der Waals surface area contributed by atoms with Crippen molar-refractivity contribution in [2.24, 2.45) is 0 Å². The fourth-order valence-corrected chi connectivity index (χ4v) is 4.88. The first-order valence-electron chi connectivity index (χ1n) is 10.9. The summed E-state index contributed by atoms with van der Waals surface area (Å²) in [5, 5.41) is 0. The Kier molecular flexibility index (Phi) is 5.33. The Morgan fingerprint density at radius 2 is 1.87 bits per heavy atom. The van der Waals surface area contributed by atoms with Crippen molar-refractivity contribution >= 4 is 29.1 Å². The summed E-state index contributed by atoms with van der Waals surface area (Å²) in [6.07, 6.45) is 1.16. The zero-order valence-electron chi connectivity index (χ0n) is 18.6. The van der Waals surface area contributed by atoms with Crippen molar-refractivity contribution in [1.29, 1.82) is 0 Å². The van der Waals surface area contributed by atoms with E-state index in [-0.39, 0.29) is 30.7 Å². The number of aryl methyl sites for hydroxylation is 2. The molecule has 3 amide bonds. The quantitative estimate of drug-likeness (QED) is 0.735. The lowest BCUT2D eigenvalue weighted by Gasteiger charge is -2.48. The Labute approximate surface area is 183 Å². The Balaban J connectivity index is 1.60. The van der Waals surface area contributed by atoms with Crippen LogP contribution >= 0.6 is 0 Å². The Hall–Kier alpha value is -3.15. The topological polar surface area (TPSA) is 60.9 Å². The van der Waals surface area contributed by atoms with Crippen molar-refractivity contribution < 1.29 is 14.4 Å². The lowest BCUT2D eigenvalue weighted by Crippen LogP contribution is -2.62. The zero-order valence-corrected chi connectivity index (χ0v) is 18.6. The molecule has 2 aliphatic heterocycles. The maximum absolute atomic E-state index is 13.4. The Morgan fingerprint density at radius 1 is 1.13 bits per heavy atom. The highest BCUT2D eigenvalue weighted by Gasteiger charge is 2.52. The van der Waals surface area contributed by atoms with Gasteiger partial charge in [-0.15, -0.1) is 0 Å². The highest BCUT2D eigenvalue weighted by Crippen LogP contribution is 2.44. The average molecular weight is 420 g/mol. The van der Waals surface area contributed by atoms with Gasteiger partial charge in [0.15, 0.2) is 0 Å². The van der Waals surface area contributed by atoms with Gasteiger partial charge in [-0.25, -0.2) is 0 Å². The molecule has 2 heterocycles. The van der Waals surface area contributed by atoms with Gasteiger partial charge in [-0.1, -0.05) is 24.3 Å². The molecule has 0 N–H and O–H groups in total. The minimum atomic E-state index is -0.737.